The molecule has 0 fully saturated rings. The fourth-order valence-electron chi connectivity index (χ4n) is 2.22. The first-order chi connectivity index (χ1) is 12.0. The Morgan fingerprint density at radius 3 is 1.72 bits per heavy atom. The summed E-state index contributed by atoms with van der Waals surface area (Å²) in [5, 5.41) is 9.79. The third-order valence-electron chi connectivity index (χ3n) is 3.67. The zero-order valence-corrected chi connectivity index (χ0v) is 15.5. The summed E-state index contributed by atoms with van der Waals surface area (Å²) >= 11 is 0. The monoisotopic (exact) mass is 364 g/mol. The van der Waals surface area contributed by atoms with Crippen molar-refractivity contribution < 1.29 is 23.2 Å². The Labute approximate surface area is 149 Å². The van der Waals surface area contributed by atoms with Gasteiger partial charge in [-0.15, -0.1) is 0 Å². The second-order valence-electron chi connectivity index (χ2n) is 5.76. The standard InChI is InChI=1S/C19H25O5P/c1-3-19(16(2)20)24-25(21,22-14-17-10-6-4-7-11-17)23-15-18-12-8-5-9-13-18/h4-13,16,19-20H,3,14-15H2,1-2H3/t16-,19?/m0/s1. The summed E-state index contributed by atoms with van der Waals surface area (Å²) in [5.41, 5.74) is 1.72. The molecular formula is C19H25O5P. The first kappa shape index (κ1) is 19.8. The molecule has 5 nitrogen and oxygen atoms in total. The van der Waals surface area contributed by atoms with Gasteiger partial charge in [0.05, 0.1) is 25.4 Å². The van der Waals surface area contributed by atoms with Crippen molar-refractivity contribution in [2.24, 2.45) is 0 Å². The van der Waals surface area contributed by atoms with E-state index in [-0.39, 0.29) is 13.2 Å². The number of rotatable bonds is 10. The molecule has 1 unspecified atom stereocenters. The SMILES string of the molecule is CCC(OP(=O)(OCc1ccccc1)OCc1ccccc1)[C@H](C)O. The Kier molecular flexibility index (Phi) is 7.82. The van der Waals surface area contributed by atoms with E-state index in [9.17, 15) is 9.67 Å². The highest BCUT2D eigenvalue weighted by Gasteiger charge is 2.32. The van der Waals surface area contributed by atoms with Crippen LogP contribution in [-0.4, -0.2) is 17.3 Å². The van der Waals surface area contributed by atoms with E-state index < -0.39 is 20.0 Å². The van der Waals surface area contributed by atoms with E-state index >= 15 is 0 Å². The molecule has 0 aliphatic heterocycles. The second-order valence-corrected chi connectivity index (χ2v) is 7.38. The summed E-state index contributed by atoms with van der Waals surface area (Å²) in [6.45, 7) is 3.63. The third kappa shape index (κ3) is 6.73. The minimum Gasteiger partial charge on any atom is -0.391 e. The number of hydrogen-bond acceptors (Lipinski definition) is 5. The van der Waals surface area contributed by atoms with Gasteiger partial charge in [0.15, 0.2) is 0 Å². The van der Waals surface area contributed by atoms with Crippen molar-refractivity contribution in [2.45, 2.75) is 45.7 Å². The number of aliphatic hydroxyl groups excluding tert-OH is 1. The maximum atomic E-state index is 13.1. The smallest absolute Gasteiger partial charge is 0.391 e. The number of benzene rings is 2. The highest BCUT2D eigenvalue weighted by atomic mass is 31.2. The summed E-state index contributed by atoms with van der Waals surface area (Å²) in [6.07, 6.45) is -0.915. The molecule has 0 amide bonds. The topological polar surface area (TPSA) is 65.0 Å². The molecule has 0 aliphatic rings. The number of hydrogen-bond donors (Lipinski definition) is 1. The summed E-state index contributed by atoms with van der Waals surface area (Å²) in [7, 11) is -3.84. The first-order valence-electron chi connectivity index (χ1n) is 8.36. The molecule has 2 aromatic carbocycles. The van der Waals surface area contributed by atoms with E-state index in [1.165, 1.54) is 0 Å². The molecule has 0 spiro atoms. The van der Waals surface area contributed by atoms with E-state index in [4.69, 9.17) is 13.6 Å². The maximum absolute atomic E-state index is 13.1. The van der Waals surface area contributed by atoms with E-state index in [0.717, 1.165) is 11.1 Å². The fraction of sp³-hybridized carbons (Fsp3) is 0.368. The average molecular weight is 364 g/mol. The Morgan fingerprint density at radius 2 is 1.36 bits per heavy atom. The average Bonchev–Trinajstić information content (AvgIpc) is 2.64. The largest absolute Gasteiger partial charge is 0.475 e. The molecule has 6 heteroatoms. The lowest BCUT2D eigenvalue weighted by Crippen LogP contribution is -2.25. The lowest BCUT2D eigenvalue weighted by molar-refractivity contribution is 0.00475. The fourth-order valence-corrected chi connectivity index (χ4v) is 3.69. The van der Waals surface area contributed by atoms with Crippen LogP contribution < -0.4 is 0 Å². The molecule has 0 saturated heterocycles. The molecular weight excluding hydrogens is 339 g/mol. The minimum absolute atomic E-state index is 0.100. The van der Waals surface area contributed by atoms with Crippen molar-refractivity contribution in [1.29, 1.82) is 0 Å². The van der Waals surface area contributed by atoms with Crippen molar-refractivity contribution in [3.8, 4) is 0 Å². The first-order valence-corrected chi connectivity index (χ1v) is 9.82. The van der Waals surface area contributed by atoms with Gasteiger partial charge in [0.1, 0.15) is 0 Å². The lowest BCUT2D eigenvalue weighted by Gasteiger charge is -2.25. The van der Waals surface area contributed by atoms with Gasteiger partial charge in [-0.2, -0.15) is 0 Å². The Hall–Kier alpha value is -1.49. The van der Waals surface area contributed by atoms with Gasteiger partial charge in [0, 0.05) is 0 Å². The molecule has 2 aromatic rings. The van der Waals surface area contributed by atoms with Gasteiger partial charge in [-0.3, -0.25) is 13.6 Å². The van der Waals surface area contributed by atoms with Crippen molar-refractivity contribution in [3.05, 3.63) is 71.8 Å². The maximum Gasteiger partial charge on any atom is 0.475 e. The summed E-state index contributed by atoms with van der Waals surface area (Å²) < 4.78 is 29.6. The summed E-state index contributed by atoms with van der Waals surface area (Å²) in [6, 6.07) is 18.8. The van der Waals surface area contributed by atoms with Crippen LogP contribution in [0, 0.1) is 0 Å². The van der Waals surface area contributed by atoms with Gasteiger partial charge >= 0.3 is 7.82 Å². The van der Waals surface area contributed by atoms with Crippen LogP contribution in [0.25, 0.3) is 0 Å². The molecule has 2 rings (SSSR count). The van der Waals surface area contributed by atoms with Gasteiger partial charge in [-0.05, 0) is 24.5 Å². The molecule has 0 saturated carbocycles. The van der Waals surface area contributed by atoms with Gasteiger partial charge in [0.2, 0.25) is 0 Å². The van der Waals surface area contributed by atoms with Crippen LogP contribution in [0.15, 0.2) is 60.7 Å². The molecule has 136 valence electrons. The highest BCUT2D eigenvalue weighted by molar-refractivity contribution is 7.48. The van der Waals surface area contributed by atoms with Crippen LogP contribution >= 0.6 is 7.82 Å². The van der Waals surface area contributed by atoms with E-state index in [0.29, 0.717) is 6.42 Å². The van der Waals surface area contributed by atoms with Crippen LogP contribution in [0.3, 0.4) is 0 Å². The zero-order valence-electron chi connectivity index (χ0n) is 14.6. The molecule has 2 atom stereocenters. The molecule has 0 aromatic heterocycles. The van der Waals surface area contributed by atoms with Crippen molar-refractivity contribution in [1.82, 2.24) is 0 Å². The van der Waals surface area contributed by atoms with Gasteiger partial charge in [-0.25, -0.2) is 4.57 Å². The Balaban J connectivity index is 2.07. The minimum atomic E-state index is -3.84. The molecule has 0 bridgehead atoms. The van der Waals surface area contributed by atoms with Crippen LogP contribution in [0.4, 0.5) is 0 Å². The summed E-state index contributed by atoms with van der Waals surface area (Å²) in [4.78, 5) is 0. The van der Waals surface area contributed by atoms with Crippen LogP contribution in [0.5, 0.6) is 0 Å². The zero-order chi connectivity index (χ0) is 18.1. The second kappa shape index (κ2) is 9.85. The molecule has 0 aliphatic carbocycles. The predicted octanol–water partition coefficient (Wildman–Crippen LogP) is 4.70. The van der Waals surface area contributed by atoms with Gasteiger partial charge in [0.25, 0.3) is 0 Å². The van der Waals surface area contributed by atoms with Crippen LogP contribution in [0.1, 0.15) is 31.4 Å². The van der Waals surface area contributed by atoms with Gasteiger partial charge in [-0.1, -0.05) is 67.6 Å². The summed E-state index contributed by atoms with van der Waals surface area (Å²) in [5.74, 6) is 0. The van der Waals surface area contributed by atoms with Crippen molar-refractivity contribution >= 4 is 7.82 Å². The van der Waals surface area contributed by atoms with Crippen LogP contribution in [-0.2, 0) is 31.4 Å². The Bertz CT molecular complexity index is 613. The number of aliphatic hydroxyl groups is 1. The third-order valence-corrected chi connectivity index (χ3v) is 5.09. The normalized spacial score (nSPS) is 14.2. The molecule has 0 heterocycles. The van der Waals surface area contributed by atoms with Crippen LogP contribution in [0.2, 0.25) is 0 Å². The van der Waals surface area contributed by atoms with E-state index in [2.05, 4.69) is 0 Å². The number of phosphoric ester groups is 1. The predicted molar refractivity (Wildman–Crippen MR) is 96.9 cm³/mol. The molecule has 1 N–H and O–H groups in total. The van der Waals surface area contributed by atoms with Gasteiger partial charge < -0.3 is 5.11 Å². The van der Waals surface area contributed by atoms with Crippen molar-refractivity contribution in [3.63, 3.8) is 0 Å². The van der Waals surface area contributed by atoms with Crippen molar-refractivity contribution in [2.75, 3.05) is 0 Å². The van der Waals surface area contributed by atoms with E-state index in [1.54, 1.807) is 6.92 Å². The molecule has 25 heavy (non-hydrogen) atoms. The highest BCUT2D eigenvalue weighted by Crippen LogP contribution is 2.52. The van der Waals surface area contributed by atoms with E-state index in [1.807, 2.05) is 67.6 Å². The lowest BCUT2D eigenvalue weighted by atomic mass is 10.2. The molecule has 0 radical (unpaired) electrons. The quantitative estimate of drug-likeness (QED) is 0.619. The Morgan fingerprint density at radius 1 is 0.920 bits per heavy atom. The number of phosphoric acid groups is 1.